The van der Waals surface area contributed by atoms with Crippen molar-refractivity contribution in [3.63, 3.8) is 0 Å². The van der Waals surface area contributed by atoms with Crippen LogP contribution < -0.4 is 10.5 Å². The lowest BCUT2D eigenvalue weighted by molar-refractivity contribution is 0.475. The van der Waals surface area contributed by atoms with Gasteiger partial charge in [0.05, 0.1) is 5.75 Å². The Labute approximate surface area is 125 Å². The van der Waals surface area contributed by atoms with Gasteiger partial charge >= 0.3 is 0 Å². The molecule has 1 saturated carbocycles. The Kier molecular flexibility index (Phi) is 4.46. The number of rotatable bonds is 7. The van der Waals surface area contributed by atoms with E-state index in [1.54, 1.807) is 24.3 Å². The highest BCUT2D eigenvalue weighted by molar-refractivity contribution is 7.88. The van der Waals surface area contributed by atoms with Gasteiger partial charge in [0.15, 0.2) is 0 Å². The van der Waals surface area contributed by atoms with Crippen molar-refractivity contribution < 1.29 is 8.42 Å². The summed E-state index contributed by atoms with van der Waals surface area (Å²) in [5.74, 6) is -0.00952. The first-order chi connectivity index (χ1) is 9.36. The Hall–Kier alpha value is -0.980. The normalized spacial score (nSPS) is 16.9. The van der Waals surface area contributed by atoms with Crippen molar-refractivity contribution in [2.75, 3.05) is 6.54 Å². The van der Waals surface area contributed by atoms with E-state index in [1.165, 1.54) is 0 Å². The second kappa shape index (κ2) is 5.79. The molecule has 20 heavy (non-hydrogen) atoms. The summed E-state index contributed by atoms with van der Waals surface area (Å²) in [7, 11) is -3.29. The van der Waals surface area contributed by atoms with Crippen LogP contribution in [0, 0.1) is 5.41 Å². The zero-order chi connectivity index (χ0) is 14.8. The third-order valence-electron chi connectivity index (χ3n) is 3.97. The molecule has 0 unspecified atom stereocenters. The van der Waals surface area contributed by atoms with Gasteiger partial charge in [-0.1, -0.05) is 43.4 Å². The number of nitrogens with two attached hydrogens (primary N) is 1. The lowest BCUT2D eigenvalue weighted by atomic mass is 10.1. The van der Waals surface area contributed by atoms with E-state index in [0.717, 1.165) is 30.4 Å². The quantitative estimate of drug-likeness (QED) is 0.755. The Morgan fingerprint density at radius 1 is 1.35 bits per heavy atom. The van der Waals surface area contributed by atoms with Crippen molar-refractivity contribution in [3.8, 4) is 0 Å². The summed E-state index contributed by atoms with van der Waals surface area (Å²) < 4.78 is 26.8. The first kappa shape index (κ1) is 15.4. The predicted octanol–water partition coefficient (Wildman–Crippen LogP) is 1.93. The lowest BCUT2D eigenvalue weighted by Crippen LogP contribution is -2.31. The van der Waals surface area contributed by atoms with E-state index in [0.29, 0.717) is 11.5 Å². The van der Waals surface area contributed by atoms with Crippen LogP contribution in [0.25, 0.3) is 0 Å². The molecule has 1 fully saturated rings. The fourth-order valence-electron chi connectivity index (χ4n) is 2.13. The molecule has 0 bridgehead atoms. The van der Waals surface area contributed by atoms with Crippen molar-refractivity contribution in [1.29, 1.82) is 0 Å². The molecule has 0 aliphatic heterocycles. The van der Waals surface area contributed by atoms with Crippen LogP contribution in [0.3, 0.4) is 0 Å². The van der Waals surface area contributed by atoms with Gasteiger partial charge in [-0.15, -0.1) is 0 Å². The standard InChI is InChI=1S/C14H20N2O2S2/c1-2-14(7-8-14)10-16-20(17,18)9-11-3-5-12(6-4-11)13(15)19/h3-6,16H,2,7-10H2,1H3,(H2,15,19). The molecular formula is C14H20N2O2S2. The van der Waals surface area contributed by atoms with E-state index in [2.05, 4.69) is 11.6 Å². The van der Waals surface area contributed by atoms with Crippen LogP contribution in [0.5, 0.6) is 0 Å². The van der Waals surface area contributed by atoms with E-state index in [9.17, 15) is 8.42 Å². The van der Waals surface area contributed by atoms with Gasteiger partial charge in [0.25, 0.3) is 0 Å². The molecule has 1 aromatic carbocycles. The summed E-state index contributed by atoms with van der Waals surface area (Å²) in [6, 6.07) is 7.00. The van der Waals surface area contributed by atoms with E-state index in [4.69, 9.17) is 18.0 Å². The average Bonchev–Trinajstić information content (AvgIpc) is 3.17. The van der Waals surface area contributed by atoms with E-state index < -0.39 is 10.0 Å². The van der Waals surface area contributed by atoms with Gasteiger partial charge in [0.2, 0.25) is 10.0 Å². The largest absolute Gasteiger partial charge is 0.389 e. The third kappa shape index (κ3) is 4.01. The highest BCUT2D eigenvalue weighted by Crippen LogP contribution is 2.47. The monoisotopic (exact) mass is 312 g/mol. The van der Waals surface area contributed by atoms with Crippen LogP contribution in [0.4, 0.5) is 0 Å². The molecule has 110 valence electrons. The fourth-order valence-corrected chi connectivity index (χ4v) is 3.53. The van der Waals surface area contributed by atoms with Crippen molar-refractivity contribution in [2.45, 2.75) is 31.9 Å². The number of hydrogen-bond donors (Lipinski definition) is 2. The topological polar surface area (TPSA) is 72.2 Å². The molecule has 1 aromatic rings. The molecule has 0 spiro atoms. The van der Waals surface area contributed by atoms with Crippen molar-refractivity contribution in [1.82, 2.24) is 4.72 Å². The smallest absolute Gasteiger partial charge is 0.215 e. The number of benzene rings is 1. The summed E-state index contributed by atoms with van der Waals surface area (Å²) in [6.45, 7) is 2.66. The summed E-state index contributed by atoms with van der Waals surface area (Å²) in [6.07, 6.45) is 3.27. The maximum absolute atomic E-state index is 12.0. The van der Waals surface area contributed by atoms with Crippen LogP contribution >= 0.6 is 12.2 Å². The van der Waals surface area contributed by atoms with Gasteiger partial charge in [-0.05, 0) is 30.2 Å². The minimum atomic E-state index is -3.29. The number of hydrogen-bond acceptors (Lipinski definition) is 3. The van der Waals surface area contributed by atoms with Gasteiger partial charge in [0.1, 0.15) is 4.99 Å². The number of nitrogens with one attached hydrogen (secondary N) is 1. The molecule has 0 aromatic heterocycles. The predicted molar refractivity (Wildman–Crippen MR) is 84.9 cm³/mol. The molecule has 0 atom stereocenters. The van der Waals surface area contributed by atoms with E-state index in [-0.39, 0.29) is 11.2 Å². The maximum atomic E-state index is 12.0. The minimum Gasteiger partial charge on any atom is -0.389 e. The average molecular weight is 312 g/mol. The van der Waals surface area contributed by atoms with Gasteiger partial charge < -0.3 is 5.73 Å². The Morgan fingerprint density at radius 2 is 1.95 bits per heavy atom. The zero-order valence-electron chi connectivity index (χ0n) is 11.6. The Balaban J connectivity index is 1.95. The van der Waals surface area contributed by atoms with E-state index in [1.807, 2.05) is 0 Å². The van der Waals surface area contributed by atoms with Crippen LogP contribution in [-0.4, -0.2) is 20.0 Å². The molecule has 1 aliphatic carbocycles. The second-order valence-corrected chi connectivity index (χ2v) is 7.74. The second-order valence-electron chi connectivity index (χ2n) is 5.49. The summed E-state index contributed by atoms with van der Waals surface area (Å²) in [5.41, 5.74) is 7.20. The van der Waals surface area contributed by atoms with Gasteiger partial charge in [0, 0.05) is 12.1 Å². The molecule has 0 radical (unpaired) electrons. The molecule has 0 heterocycles. The number of thiocarbonyl (C=S) groups is 1. The van der Waals surface area contributed by atoms with Crippen molar-refractivity contribution >= 4 is 27.2 Å². The van der Waals surface area contributed by atoms with Crippen molar-refractivity contribution in [2.24, 2.45) is 11.1 Å². The molecule has 4 nitrogen and oxygen atoms in total. The molecule has 2 rings (SSSR count). The van der Waals surface area contributed by atoms with Gasteiger partial charge in [-0.25, -0.2) is 13.1 Å². The van der Waals surface area contributed by atoms with E-state index >= 15 is 0 Å². The Bertz CT molecular complexity index is 590. The first-order valence-corrected chi connectivity index (χ1v) is 8.78. The van der Waals surface area contributed by atoms with Gasteiger partial charge in [-0.2, -0.15) is 0 Å². The Morgan fingerprint density at radius 3 is 2.40 bits per heavy atom. The number of sulfonamides is 1. The fraction of sp³-hybridized carbons (Fsp3) is 0.500. The summed E-state index contributed by atoms with van der Waals surface area (Å²) >= 11 is 4.86. The maximum Gasteiger partial charge on any atom is 0.215 e. The SMILES string of the molecule is CCC1(CNS(=O)(=O)Cc2ccc(C(N)=S)cc2)CC1. The molecule has 1 aliphatic rings. The van der Waals surface area contributed by atoms with Crippen molar-refractivity contribution in [3.05, 3.63) is 35.4 Å². The molecule has 6 heteroatoms. The molecule has 0 saturated heterocycles. The van der Waals surface area contributed by atoms with Crippen LogP contribution in [0.1, 0.15) is 37.3 Å². The summed E-state index contributed by atoms with van der Waals surface area (Å²) in [4.78, 5) is 0.316. The van der Waals surface area contributed by atoms with Crippen LogP contribution in [0.15, 0.2) is 24.3 Å². The van der Waals surface area contributed by atoms with Crippen LogP contribution in [0.2, 0.25) is 0 Å². The highest BCUT2D eigenvalue weighted by atomic mass is 32.2. The third-order valence-corrected chi connectivity index (χ3v) is 5.50. The summed E-state index contributed by atoms with van der Waals surface area (Å²) in [5, 5.41) is 0. The highest BCUT2D eigenvalue weighted by Gasteiger charge is 2.41. The van der Waals surface area contributed by atoms with Crippen LogP contribution in [-0.2, 0) is 15.8 Å². The van der Waals surface area contributed by atoms with Gasteiger partial charge in [-0.3, -0.25) is 0 Å². The zero-order valence-corrected chi connectivity index (χ0v) is 13.2. The molecule has 0 amide bonds. The first-order valence-electron chi connectivity index (χ1n) is 6.72. The minimum absolute atomic E-state index is 0.00952. The lowest BCUT2D eigenvalue weighted by Gasteiger charge is -2.13. The molecular weight excluding hydrogens is 292 g/mol. The molecule has 3 N–H and O–H groups in total.